The molecule has 2 aromatic carbocycles. The van der Waals surface area contributed by atoms with Gasteiger partial charge in [0.2, 0.25) is 21.8 Å². The number of benzene rings is 2. The average Bonchev–Trinajstić information content (AvgIpc) is 2.76. The summed E-state index contributed by atoms with van der Waals surface area (Å²) in [6.45, 7) is 6.82. The largest absolute Gasteiger partial charge is 0.352 e. The molecular formula is C24H32FN3O4S. The Morgan fingerprint density at radius 3 is 2.12 bits per heavy atom. The molecule has 0 aromatic heterocycles. The molecule has 0 aliphatic heterocycles. The van der Waals surface area contributed by atoms with E-state index < -0.39 is 34.3 Å². The van der Waals surface area contributed by atoms with E-state index in [0.717, 1.165) is 22.5 Å². The minimum Gasteiger partial charge on any atom is -0.352 e. The van der Waals surface area contributed by atoms with Crippen LogP contribution >= 0.6 is 0 Å². The second kappa shape index (κ2) is 11.3. The fourth-order valence-corrected chi connectivity index (χ4v) is 4.01. The fourth-order valence-electron chi connectivity index (χ4n) is 3.16. The summed E-state index contributed by atoms with van der Waals surface area (Å²) in [7, 11) is -3.77. The summed E-state index contributed by atoms with van der Waals surface area (Å²) >= 11 is 0. The highest BCUT2D eigenvalue weighted by atomic mass is 32.2. The number of amides is 2. The van der Waals surface area contributed by atoms with Crippen LogP contribution < -0.4 is 9.62 Å². The Hall–Kier alpha value is -2.94. The maximum atomic E-state index is 13.4. The quantitative estimate of drug-likeness (QED) is 0.569. The molecule has 0 radical (unpaired) electrons. The Bertz CT molecular complexity index is 1060. The summed E-state index contributed by atoms with van der Waals surface area (Å²) in [4.78, 5) is 27.5. The van der Waals surface area contributed by atoms with E-state index in [1.54, 1.807) is 31.2 Å². The molecule has 0 heterocycles. The number of hydrogen-bond acceptors (Lipinski definition) is 4. The van der Waals surface area contributed by atoms with E-state index >= 15 is 0 Å². The minimum atomic E-state index is -3.77. The first kappa shape index (κ1) is 26.3. The number of hydrogen-bond donors (Lipinski definition) is 1. The standard InChI is InChI=1S/C24H32FN3O4S/c1-6-18(3)26-24(30)19(4)27(15-20-9-11-21(25)12-10-20)23(29)16-28(33(5,31)32)22-13-7-17(2)8-14-22/h7-14,18-19H,6,15-16H2,1-5H3,(H,26,30)/t18-,19-/m0/s1. The van der Waals surface area contributed by atoms with Crippen molar-refractivity contribution in [3.05, 3.63) is 65.5 Å². The number of anilines is 1. The number of carbonyl (C=O) groups excluding carboxylic acids is 2. The zero-order valence-electron chi connectivity index (χ0n) is 19.7. The first-order chi connectivity index (χ1) is 15.4. The third-order valence-electron chi connectivity index (χ3n) is 5.44. The van der Waals surface area contributed by atoms with Crippen LogP contribution in [0.25, 0.3) is 0 Å². The molecule has 9 heteroatoms. The molecule has 2 rings (SSSR count). The number of aryl methyl sites for hydroxylation is 1. The number of sulfonamides is 1. The van der Waals surface area contributed by atoms with Crippen molar-refractivity contribution < 1.29 is 22.4 Å². The van der Waals surface area contributed by atoms with Crippen LogP contribution in [0.2, 0.25) is 0 Å². The van der Waals surface area contributed by atoms with Crippen LogP contribution in [0.1, 0.15) is 38.3 Å². The van der Waals surface area contributed by atoms with Gasteiger partial charge in [0.1, 0.15) is 18.4 Å². The number of nitrogens with one attached hydrogen (secondary N) is 1. The second-order valence-corrected chi connectivity index (χ2v) is 10.2. The van der Waals surface area contributed by atoms with Gasteiger partial charge in [-0.15, -0.1) is 0 Å². The lowest BCUT2D eigenvalue weighted by atomic mass is 10.1. The molecule has 0 spiro atoms. The van der Waals surface area contributed by atoms with Crippen LogP contribution in [0.5, 0.6) is 0 Å². The molecule has 1 N–H and O–H groups in total. The SMILES string of the molecule is CC[C@H](C)NC(=O)[C@H](C)N(Cc1ccc(F)cc1)C(=O)CN(c1ccc(C)cc1)S(C)(=O)=O. The first-order valence-electron chi connectivity index (χ1n) is 10.8. The number of rotatable bonds is 10. The van der Waals surface area contributed by atoms with E-state index in [1.807, 2.05) is 20.8 Å². The van der Waals surface area contributed by atoms with Crippen LogP contribution in [-0.2, 0) is 26.2 Å². The predicted octanol–water partition coefficient (Wildman–Crippen LogP) is 3.23. The Morgan fingerprint density at radius 1 is 1.03 bits per heavy atom. The van der Waals surface area contributed by atoms with Crippen molar-refractivity contribution in [3.8, 4) is 0 Å². The van der Waals surface area contributed by atoms with E-state index in [4.69, 9.17) is 0 Å². The molecule has 33 heavy (non-hydrogen) atoms. The van der Waals surface area contributed by atoms with Crippen molar-refractivity contribution >= 4 is 27.5 Å². The number of carbonyl (C=O) groups is 2. The van der Waals surface area contributed by atoms with Crippen molar-refractivity contribution in [2.75, 3.05) is 17.1 Å². The maximum Gasteiger partial charge on any atom is 0.244 e. The minimum absolute atomic E-state index is 0.0275. The Morgan fingerprint density at radius 2 is 1.61 bits per heavy atom. The average molecular weight is 478 g/mol. The fraction of sp³-hybridized carbons (Fsp3) is 0.417. The summed E-state index contributed by atoms with van der Waals surface area (Å²) in [6.07, 6.45) is 1.75. The van der Waals surface area contributed by atoms with Gasteiger partial charge >= 0.3 is 0 Å². The smallest absolute Gasteiger partial charge is 0.244 e. The van der Waals surface area contributed by atoms with E-state index in [9.17, 15) is 22.4 Å². The predicted molar refractivity (Wildman–Crippen MR) is 128 cm³/mol. The Labute approximate surface area is 195 Å². The lowest BCUT2D eigenvalue weighted by Gasteiger charge is -2.32. The van der Waals surface area contributed by atoms with Gasteiger partial charge in [-0.1, -0.05) is 36.8 Å². The highest BCUT2D eigenvalue weighted by molar-refractivity contribution is 7.92. The summed E-state index contributed by atoms with van der Waals surface area (Å²) in [5.41, 5.74) is 1.93. The lowest BCUT2D eigenvalue weighted by Crippen LogP contribution is -2.52. The molecule has 0 aliphatic carbocycles. The van der Waals surface area contributed by atoms with Gasteiger partial charge in [-0.3, -0.25) is 13.9 Å². The molecule has 0 unspecified atom stereocenters. The Kier molecular flexibility index (Phi) is 8.99. The summed E-state index contributed by atoms with van der Waals surface area (Å²) in [5, 5.41) is 2.86. The Balaban J connectivity index is 2.36. The van der Waals surface area contributed by atoms with Gasteiger partial charge in [-0.25, -0.2) is 12.8 Å². The molecule has 180 valence electrons. The van der Waals surface area contributed by atoms with Crippen LogP contribution in [0, 0.1) is 12.7 Å². The third-order valence-corrected chi connectivity index (χ3v) is 6.58. The van der Waals surface area contributed by atoms with Gasteiger partial charge in [0.15, 0.2) is 0 Å². The monoisotopic (exact) mass is 477 g/mol. The van der Waals surface area contributed by atoms with Crippen LogP contribution in [-0.4, -0.2) is 50.0 Å². The van der Waals surface area contributed by atoms with E-state index in [-0.39, 0.29) is 18.5 Å². The molecule has 0 bridgehead atoms. The first-order valence-corrected chi connectivity index (χ1v) is 12.7. The van der Waals surface area contributed by atoms with Gasteiger partial charge in [0, 0.05) is 12.6 Å². The van der Waals surface area contributed by atoms with Gasteiger partial charge in [0.25, 0.3) is 0 Å². The zero-order chi connectivity index (χ0) is 24.8. The van der Waals surface area contributed by atoms with Gasteiger partial charge < -0.3 is 10.2 Å². The summed E-state index contributed by atoms with van der Waals surface area (Å²) < 4.78 is 39.4. The highest BCUT2D eigenvalue weighted by Gasteiger charge is 2.30. The molecule has 7 nitrogen and oxygen atoms in total. The van der Waals surface area contributed by atoms with Gasteiger partial charge in [-0.2, -0.15) is 0 Å². The maximum absolute atomic E-state index is 13.4. The highest BCUT2D eigenvalue weighted by Crippen LogP contribution is 2.20. The van der Waals surface area contributed by atoms with Crippen LogP contribution in [0.15, 0.2) is 48.5 Å². The molecule has 2 aromatic rings. The van der Waals surface area contributed by atoms with E-state index in [2.05, 4.69) is 5.32 Å². The van der Waals surface area contributed by atoms with Crippen molar-refractivity contribution in [2.24, 2.45) is 0 Å². The second-order valence-electron chi connectivity index (χ2n) is 8.25. The van der Waals surface area contributed by atoms with Crippen LogP contribution in [0.3, 0.4) is 0 Å². The molecule has 0 saturated carbocycles. The molecule has 0 aliphatic rings. The van der Waals surface area contributed by atoms with Gasteiger partial charge in [-0.05, 0) is 57.0 Å². The summed E-state index contributed by atoms with van der Waals surface area (Å²) in [6, 6.07) is 11.5. The third kappa shape index (κ3) is 7.56. The number of halogens is 1. The van der Waals surface area contributed by atoms with Crippen molar-refractivity contribution in [1.29, 1.82) is 0 Å². The zero-order valence-corrected chi connectivity index (χ0v) is 20.5. The van der Waals surface area contributed by atoms with E-state index in [0.29, 0.717) is 11.3 Å². The summed E-state index contributed by atoms with van der Waals surface area (Å²) in [5.74, 6) is -1.31. The van der Waals surface area contributed by atoms with E-state index in [1.165, 1.54) is 29.2 Å². The lowest BCUT2D eigenvalue weighted by molar-refractivity contribution is -0.139. The van der Waals surface area contributed by atoms with Crippen molar-refractivity contribution in [3.63, 3.8) is 0 Å². The topological polar surface area (TPSA) is 86.8 Å². The van der Waals surface area contributed by atoms with Gasteiger partial charge in [0.05, 0.1) is 11.9 Å². The molecular weight excluding hydrogens is 445 g/mol. The van der Waals surface area contributed by atoms with Crippen molar-refractivity contribution in [1.82, 2.24) is 10.2 Å². The molecule has 2 atom stereocenters. The molecule has 0 fully saturated rings. The number of nitrogens with zero attached hydrogens (tertiary/aromatic N) is 2. The molecule has 0 saturated heterocycles. The normalized spacial score (nSPS) is 13.2. The molecule has 2 amide bonds. The van der Waals surface area contributed by atoms with Crippen LogP contribution in [0.4, 0.5) is 10.1 Å². The van der Waals surface area contributed by atoms with Crippen molar-refractivity contribution in [2.45, 2.75) is 52.7 Å².